The monoisotopic (exact) mass is 272 g/mol. The van der Waals surface area contributed by atoms with E-state index in [-0.39, 0.29) is 5.91 Å². The minimum Gasteiger partial charge on any atom is -0.459 e. The standard InChI is InChI=1S/C16H20N2O2/c1-13-9-12-20-15(13)16(19)17-10-6-11-18(2)14-7-4-3-5-8-14/h3-5,7-9,12H,6,10-11H2,1-2H3,(H,17,19). The number of nitrogens with zero attached hydrogens (tertiary/aromatic N) is 1. The molecule has 4 heteroatoms. The summed E-state index contributed by atoms with van der Waals surface area (Å²) in [6.07, 6.45) is 2.42. The summed E-state index contributed by atoms with van der Waals surface area (Å²) >= 11 is 0. The van der Waals surface area contributed by atoms with Crippen molar-refractivity contribution in [1.29, 1.82) is 0 Å². The van der Waals surface area contributed by atoms with E-state index in [4.69, 9.17) is 4.42 Å². The van der Waals surface area contributed by atoms with Gasteiger partial charge in [0.25, 0.3) is 5.91 Å². The maximum Gasteiger partial charge on any atom is 0.287 e. The molecule has 0 atom stereocenters. The van der Waals surface area contributed by atoms with Gasteiger partial charge in [0.05, 0.1) is 6.26 Å². The Morgan fingerprint density at radius 1 is 1.25 bits per heavy atom. The van der Waals surface area contributed by atoms with E-state index in [1.807, 2.05) is 32.2 Å². The summed E-state index contributed by atoms with van der Waals surface area (Å²) in [7, 11) is 2.05. The molecule has 4 nitrogen and oxygen atoms in total. The lowest BCUT2D eigenvalue weighted by Crippen LogP contribution is -2.28. The predicted octanol–water partition coefficient (Wildman–Crippen LogP) is 2.84. The molecule has 0 saturated carbocycles. The van der Waals surface area contributed by atoms with Crippen LogP contribution in [0.25, 0.3) is 0 Å². The van der Waals surface area contributed by atoms with Gasteiger partial charge in [-0.25, -0.2) is 0 Å². The molecule has 0 fully saturated rings. The number of aryl methyl sites for hydroxylation is 1. The minimum atomic E-state index is -0.144. The smallest absolute Gasteiger partial charge is 0.287 e. The number of para-hydroxylation sites is 1. The molecule has 0 spiro atoms. The number of carbonyl (C=O) groups is 1. The average molecular weight is 272 g/mol. The highest BCUT2D eigenvalue weighted by Crippen LogP contribution is 2.11. The number of anilines is 1. The van der Waals surface area contributed by atoms with Gasteiger partial charge in [0, 0.05) is 31.4 Å². The number of benzene rings is 1. The van der Waals surface area contributed by atoms with E-state index < -0.39 is 0 Å². The van der Waals surface area contributed by atoms with Gasteiger partial charge < -0.3 is 14.6 Å². The maximum atomic E-state index is 11.8. The minimum absolute atomic E-state index is 0.144. The van der Waals surface area contributed by atoms with Gasteiger partial charge in [0.1, 0.15) is 0 Å². The van der Waals surface area contributed by atoms with E-state index in [0.29, 0.717) is 12.3 Å². The van der Waals surface area contributed by atoms with Crippen molar-refractivity contribution in [1.82, 2.24) is 5.32 Å². The summed E-state index contributed by atoms with van der Waals surface area (Å²) in [5.74, 6) is 0.260. The number of rotatable bonds is 6. The van der Waals surface area contributed by atoms with Gasteiger partial charge in [-0.3, -0.25) is 4.79 Å². The third-order valence-electron chi connectivity index (χ3n) is 3.22. The van der Waals surface area contributed by atoms with E-state index in [9.17, 15) is 4.79 Å². The lowest BCUT2D eigenvalue weighted by atomic mass is 10.2. The first kappa shape index (κ1) is 14.2. The van der Waals surface area contributed by atoms with Crippen molar-refractivity contribution in [3.05, 3.63) is 54.0 Å². The molecule has 106 valence electrons. The zero-order valence-electron chi connectivity index (χ0n) is 11.9. The molecule has 2 rings (SSSR count). The molecule has 0 aliphatic rings. The van der Waals surface area contributed by atoms with Crippen LogP contribution in [0.5, 0.6) is 0 Å². The highest BCUT2D eigenvalue weighted by Gasteiger charge is 2.11. The molecule has 1 N–H and O–H groups in total. The van der Waals surface area contributed by atoms with Crippen LogP contribution in [0.2, 0.25) is 0 Å². The fourth-order valence-electron chi connectivity index (χ4n) is 2.02. The number of hydrogen-bond acceptors (Lipinski definition) is 3. The average Bonchev–Trinajstić information content (AvgIpc) is 2.90. The van der Waals surface area contributed by atoms with Crippen LogP contribution >= 0.6 is 0 Å². The topological polar surface area (TPSA) is 45.5 Å². The maximum absolute atomic E-state index is 11.8. The summed E-state index contributed by atoms with van der Waals surface area (Å²) < 4.78 is 5.15. The summed E-state index contributed by atoms with van der Waals surface area (Å²) in [4.78, 5) is 14.0. The van der Waals surface area contributed by atoms with E-state index in [1.54, 1.807) is 6.07 Å². The largest absolute Gasteiger partial charge is 0.459 e. The van der Waals surface area contributed by atoms with E-state index in [2.05, 4.69) is 22.3 Å². The van der Waals surface area contributed by atoms with Gasteiger partial charge in [-0.15, -0.1) is 0 Å². The van der Waals surface area contributed by atoms with Crippen molar-refractivity contribution < 1.29 is 9.21 Å². The summed E-state index contributed by atoms with van der Waals surface area (Å²) in [5.41, 5.74) is 2.05. The highest BCUT2D eigenvalue weighted by atomic mass is 16.3. The molecule has 1 aromatic carbocycles. The number of amides is 1. The Labute approximate surface area is 119 Å². The molecule has 2 aromatic rings. The van der Waals surface area contributed by atoms with Crippen LogP contribution in [-0.4, -0.2) is 26.0 Å². The van der Waals surface area contributed by atoms with Crippen LogP contribution in [-0.2, 0) is 0 Å². The number of nitrogens with one attached hydrogen (secondary N) is 1. The van der Waals surface area contributed by atoms with Gasteiger partial charge in [-0.05, 0) is 31.5 Å². The van der Waals surface area contributed by atoms with Gasteiger partial charge >= 0.3 is 0 Å². The fraction of sp³-hybridized carbons (Fsp3) is 0.312. The molecule has 1 heterocycles. The molecule has 1 aromatic heterocycles. The first-order valence-corrected chi connectivity index (χ1v) is 6.77. The normalized spacial score (nSPS) is 10.3. The van der Waals surface area contributed by atoms with Crippen molar-refractivity contribution >= 4 is 11.6 Å². The molecule has 0 radical (unpaired) electrons. The lowest BCUT2D eigenvalue weighted by Gasteiger charge is -2.19. The van der Waals surface area contributed by atoms with Crippen LogP contribution in [0.15, 0.2) is 47.1 Å². The molecule has 0 saturated heterocycles. The van der Waals surface area contributed by atoms with Gasteiger partial charge in [0.2, 0.25) is 0 Å². The van der Waals surface area contributed by atoms with Crippen LogP contribution < -0.4 is 10.2 Å². The van der Waals surface area contributed by atoms with Crippen molar-refractivity contribution in [3.63, 3.8) is 0 Å². The van der Waals surface area contributed by atoms with Crippen molar-refractivity contribution in [2.45, 2.75) is 13.3 Å². The zero-order chi connectivity index (χ0) is 14.4. The summed E-state index contributed by atoms with van der Waals surface area (Å²) in [6, 6.07) is 12.0. The summed E-state index contributed by atoms with van der Waals surface area (Å²) in [6.45, 7) is 3.39. The second-order valence-corrected chi connectivity index (χ2v) is 4.80. The quantitative estimate of drug-likeness (QED) is 0.822. The molecular weight excluding hydrogens is 252 g/mol. The Hall–Kier alpha value is -2.23. The summed E-state index contributed by atoms with van der Waals surface area (Å²) in [5, 5.41) is 2.87. The fourth-order valence-corrected chi connectivity index (χ4v) is 2.02. The SMILES string of the molecule is Cc1ccoc1C(=O)NCCCN(C)c1ccccc1. The Morgan fingerprint density at radius 3 is 2.65 bits per heavy atom. The zero-order valence-corrected chi connectivity index (χ0v) is 11.9. The van der Waals surface area contributed by atoms with Crippen LogP contribution in [0, 0.1) is 6.92 Å². The Bertz CT molecular complexity index is 549. The molecule has 0 aliphatic heterocycles. The predicted molar refractivity (Wildman–Crippen MR) is 80.1 cm³/mol. The molecule has 0 bridgehead atoms. The molecular formula is C16H20N2O2. The molecule has 1 amide bonds. The third-order valence-corrected chi connectivity index (χ3v) is 3.22. The highest BCUT2D eigenvalue weighted by molar-refractivity contribution is 5.92. The molecule has 0 aliphatic carbocycles. The van der Waals surface area contributed by atoms with Gasteiger partial charge in [0.15, 0.2) is 5.76 Å². The van der Waals surface area contributed by atoms with E-state index in [0.717, 1.165) is 18.5 Å². The number of hydrogen-bond donors (Lipinski definition) is 1. The van der Waals surface area contributed by atoms with Crippen LogP contribution in [0.1, 0.15) is 22.5 Å². The first-order valence-electron chi connectivity index (χ1n) is 6.77. The Balaban J connectivity index is 1.72. The van der Waals surface area contributed by atoms with Crippen molar-refractivity contribution in [3.8, 4) is 0 Å². The van der Waals surface area contributed by atoms with Gasteiger partial charge in [-0.2, -0.15) is 0 Å². The number of furan rings is 1. The number of carbonyl (C=O) groups excluding carboxylic acids is 1. The van der Waals surface area contributed by atoms with Gasteiger partial charge in [-0.1, -0.05) is 18.2 Å². The van der Waals surface area contributed by atoms with Crippen LogP contribution in [0.3, 0.4) is 0 Å². The third kappa shape index (κ3) is 3.63. The van der Waals surface area contributed by atoms with E-state index in [1.165, 1.54) is 12.0 Å². The van der Waals surface area contributed by atoms with E-state index >= 15 is 0 Å². The second-order valence-electron chi connectivity index (χ2n) is 4.80. The van der Waals surface area contributed by atoms with Crippen molar-refractivity contribution in [2.75, 3.05) is 25.0 Å². The Morgan fingerprint density at radius 2 is 2.00 bits per heavy atom. The molecule has 20 heavy (non-hydrogen) atoms. The molecule has 0 unspecified atom stereocenters. The first-order chi connectivity index (χ1) is 9.68. The Kier molecular flexibility index (Phi) is 4.82. The van der Waals surface area contributed by atoms with Crippen molar-refractivity contribution in [2.24, 2.45) is 0 Å². The lowest BCUT2D eigenvalue weighted by molar-refractivity contribution is 0.0925. The van der Waals surface area contributed by atoms with Crippen LogP contribution in [0.4, 0.5) is 5.69 Å². The second kappa shape index (κ2) is 6.80.